The Labute approximate surface area is 130 Å². The lowest BCUT2D eigenvalue weighted by atomic mass is 10.2. The van der Waals surface area contributed by atoms with Crippen molar-refractivity contribution in [3.05, 3.63) is 28.7 Å². The third kappa shape index (κ3) is 2.64. The molecule has 3 heterocycles. The second-order valence-corrected chi connectivity index (χ2v) is 6.69. The lowest BCUT2D eigenvalue weighted by molar-refractivity contribution is 1.05. The van der Waals surface area contributed by atoms with E-state index in [9.17, 15) is 0 Å². The van der Waals surface area contributed by atoms with Gasteiger partial charge in [-0.15, -0.1) is 11.3 Å². The molecule has 0 aliphatic heterocycles. The number of nitrogens with zero attached hydrogens (tertiary/aromatic N) is 4. The quantitative estimate of drug-likeness (QED) is 0.715. The molecule has 6 nitrogen and oxygen atoms in total. The smallest absolute Gasteiger partial charge is 0.156 e. The van der Waals surface area contributed by atoms with Gasteiger partial charge in [0, 0.05) is 17.3 Å². The largest absolute Gasteiger partial charge is 0.383 e. The molecule has 8 heteroatoms. The predicted octanol–water partition coefficient (Wildman–Crippen LogP) is 2.55. The number of fused-ring (bicyclic) bond motifs is 1. The summed E-state index contributed by atoms with van der Waals surface area (Å²) in [6.45, 7) is 4.11. The number of nitrogens with two attached hydrogens (primary N) is 2. The molecule has 3 aromatic rings. The average Bonchev–Trinajstić information content (AvgIpc) is 2.73. The summed E-state index contributed by atoms with van der Waals surface area (Å²) in [6, 6.07) is 0. The van der Waals surface area contributed by atoms with Crippen molar-refractivity contribution in [1.82, 2.24) is 19.9 Å². The second kappa shape index (κ2) is 5.45. The molecule has 0 radical (unpaired) electrons. The number of aryl methyl sites for hydroxylation is 2. The van der Waals surface area contributed by atoms with Crippen molar-refractivity contribution in [2.24, 2.45) is 0 Å². The van der Waals surface area contributed by atoms with Crippen LogP contribution in [0.25, 0.3) is 10.2 Å². The van der Waals surface area contributed by atoms with Crippen LogP contribution in [0.5, 0.6) is 0 Å². The molecule has 108 valence electrons. The van der Waals surface area contributed by atoms with Gasteiger partial charge in [0.15, 0.2) is 5.82 Å². The molecule has 21 heavy (non-hydrogen) atoms. The number of hydrogen-bond donors (Lipinski definition) is 2. The van der Waals surface area contributed by atoms with Crippen molar-refractivity contribution >= 4 is 45.0 Å². The first-order valence-electron chi connectivity index (χ1n) is 6.27. The van der Waals surface area contributed by atoms with Gasteiger partial charge in [-0.1, -0.05) is 11.8 Å². The fourth-order valence-electron chi connectivity index (χ4n) is 1.97. The number of nitrogen functional groups attached to an aromatic ring is 2. The van der Waals surface area contributed by atoms with Crippen LogP contribution >= 0.6 is 23.1 Å². The van der Waals surface area contributed by atoms with Crippen LogP contribution in [0.3, 0.4) is 0 Å². The first-order chi connectivity index (χ1) is 10.1. The summed E-state index contributed by atoms with van der Waals surface area (Å²) in [5.41, 5.74) is 13.0. The average molecular weight is 318 g/mol. The van der Waals surface area contributed by atoms with Crippen LogP contribution in [0.15, 0.2) is 17.4 Å². The Hall–Kier alpha value is -1.93. The zero-order valence-electron chi connectivity index (χ0n) is 11.6. The van der Waals surface area contributed by atoms with Gasteiger partial charge >= 0.3 is 0 Å². The highest BCUT2D eigenvalue weighted by atomic mass is 32.2. The monoisotopic (exact) mass is 318 g/mol. The number of rotatable bonds is 3. The molecular weight excluding hydrogens is 304 g/mol. The predicted molar refractivity (Wildman–Crippen MR) is 87.3 cm³/mol. The standard InChI is InChI=1S/C13H14N6S2/c1-6-7(2)21-12-9(6)10(14)18-8(19-12)5-20-13-11(15)16-3-4-17-13/h3-4H,5H2,1-2H3,(H2,15,16)(H2,14,18,19). The Balaban J connectivity index is 1.90. The molecule has 0 aliphatic carbocycles. The minimum atomic E-state index is 0.416. The van der Waals surface area contributed by atoms with E-state index >= 15 is 0 Å². The SMILES string of the molecule is Cc1sc2nc(CSc3nccnc3N)nc(N)c2c1C. The molecule has 0 saturated heterocycles. The Kier molecular flexibility index (Phi) is 3.64. The summed E-state index contributed by atoms with van der Waals surface area (Å²) in [6.07, 6.45) is 3.18. The van der Waals surface area contributed by atoms with Gasteiger partial charge in [-0.2, -0.15) is 0 Å². The molecule has 0 aliphatic rings. The van der Waals surface area contributed by atoms with E-state index in [0.717, 1.165) is 15.8 Å². The number of aromatic nitrogens is 4. The lowest BCUT2D eigenvalue weighted by Gasteiger charge is -2.04. The van der Waals surface area contributed by atoms with Gasteiger partial charge in [-0.25, -0.2) is 19.9 Å². The van der Waals surface area contributed by atoms with Gasteiger partial charge in [0.2, 0.25) is 0 Å². The summed E-state index contributed by atoms with van der Waals surface area (Å²) < 4.78 is 0. The molecule has 0 saturated carbocycles. The highest BCUT2D eigenvalue weighted by Crippen LogP contribution is 2.33. The van der Waals surface area contributed by atoms with Gasteiger partial charge in [0.05, 0.1) is 11.1 Å². The third-order valence-electron chi connectivity index (χ3n) is 3.13. The molecule has 0 atom stereocenters. The molecule has 0 bridgehead atoms. The topological polar surface area (TPSA) is 104 Å². The number of thioether (sulfide) groups is 1. The van der Waals surface area contributed by atoms with Crippen LogP contribution in [0.4, 0.5) is 11.6 Å². The minimum Gasteiger partial charge on any atom is -0.383 e. The van der Waals surface area contributed by atoms with Crippen LogP contribution in [-0.4, -0.2) is 19.9 Å². The zero-order chi connectivity index (χ0) is 15.0. The zero-order valence-corrected chi connectivity index (χ0v) is 13.3. The van der Waals surface area contributed by atoms with Crippen LogP contribution in [0.1, 0.15) is 16.3 Å². The molecular formula is C13H14N6S2. The van der Waals surface area contributed by atoms with E-state index in [1.807, 2.05) is 6.92 Å². The Morgan fingerprint density at radius 2 is 1.86 bits per heavy atom. The minimum absolute atomic E-state index is 0.416. The molecule has 3 rings (SSSR count). The summed E-state index contributed by atoms with van der Waals surface area (Å²) in [4.78, 5) is 19.3. The maximum Gasteiger partial charge on any atom is 0.156 e. The van der Waals surface area contributed by atoms with Crippen molar-refractivity contribution in [2.75, 3.05) is 11.5 Å². The van der Waals surface area contributed by atoms with Crippen molar-refractivity contribution in [1.29, 1.82) is 0 Å². The molecule has 0 unspecified atom stereocenters. The van der Waals surface area contributed by atoms with Gasteiger partial charge in [-0.05, 0) is 19.4 Å². The second-order valence-electron chi connectivity index (χ2n) is 4.52. The highest BCUT2D eigenvalue weighted by Gasteiger charge is 2.13. The van der Waals surface area contributed by atoms with Gasteiger partial charge < -0.3 is 11.5 Å². The maximum absolute atomic E-state index is 6.06. The normalized spacial score (nSPS) is 11.1. The van der Waals surface area contributed by atoms with Crippen molar-refractivity contribution < 1.29 is 0 Å². The molecule has 4 N–H and O–H groups in total. The Bertz CT molecular complexity index is 814. The summed E-state index contributed by atoms with van der Waals surface area (Å²) >= 11 is 3.09. The number of thiophene rings is 1. The highest BCUT2D eigenvalue weighted by molar-refractivity contribution is 7.98. The molecule has 0 amide bonds. The fraction of sp³-hybridized carbons (Fsp3) is 0.231. The van der Waals surface area contributed by atoms with Crippen LogP contribution < -0.4 is 11.5 Å². The van der Waals surface area contributed by atoms with Crippen LogP contribution in [0.2, 0.25) is 0 Å². The van der Waals surface area contributed by atoms with E-state index < -0.39 is 0 Å². The fourth-order valence-corrected chi connectivity index (χ4v) is 3.76. The molecule has 0 aromatic carbocycles. The summed E-state index contributed by atoms with van der Waals surface area (Å²) in [5.74, 6) is 2.18. The van der Waals surface area contributed by atoms with Gasteiger partial charge in [0.25, 0.3) is 0 Å². The van der Waals surface area contributed by atoms with E-state index in [-0.39, 0.29) is 0 Å². The number of anilines is 2. The van der Waals surface area contributed by atoms with E-state index in [1.54, 1.807) is 23.7 Å². The molecule has 0 fully saturated rings. The van der Waals surface area contributed by atoms with Crippen LogP contribution in [0, 0.1) is 13.8 Å². The summed E-state index contributed by atoms with van der Waals surface area (Å²) in [7, 11) is 0. The molecule has 0 spiro atoms. The first-order valence-corrected chi connectivity index (χ1v) is 8.08. The van der Waals surface area contributed by atoms with Gasteiger partial charge in [-0.3, -0.25) is 0 Å². The Morgan fingerprint density at radius 1 is 1.10 bits per heavy atom. The maximum atomic E-state index is 6.06. The molecule has 3 aromatic heterocycles. The van der Waals surface area contributed by atoms with E-state index in [0.29, 0.717) is 28.2 Å². The van der Waals surface area contributed by atoms with E-state index in [1.165, 1.54) is 16.6 Å². The lowest BCUT2D eigenvalue weighted by Crippen LogP contribution is -2.00. The van der Waals surface area contributed by atoms with Crippen molar-refractivity contribution in [2.45, 2.75) is 24.6 Å². The van der Waals surface area contributed by atoms with Crippen LogP contribution in [-0.2, 0) is 5.75 Å². The van der Waals surface area contributed by atoms with Gasteiger partial charge in [0.1, 0.15) is 21.5 Å². The summed E-state index contributed by atoms with van der Waals surface area (Å²) in [5, 5.41) is 1.64. The number of hydrogen-bond acceptors (Lipinski definition) is 8. The first kappa shape index (κ1) is 14.0. The van der Waals surface area contributed by atoms with E-state index in [4.69, 9.17) is 11.5 Å². The van der Waals surface area contributed by atoms with Crippen molar-refractivity contribution in [3.8, 4) is 0 Å². The third-order valence-corrected chi connectivity index (χ3v) is 5.22. The van der Waals surface area contributed by atoms with Crippen molar-refractivity contribution in [3.63, 3.8) is 0 Å². The Morgan fingerprint density at radius 3 is 2.62 bits per heavy atom. The van der Waals surface area contributed by atoms with E-state index in [2.05, 4.69) is 26.9 Å².